The molecule has 1 fully saturated rings. The minimum absolute atomic E-state index is 0.263. The first-order valence-corrected chi connectivity index (χ1v) is 10.1. The molecule has 2 heterocycles. The molecule has 0 atom stereocenters. The van der Waals surface area contributed by atoms with Crippen LogP contribution in [0, 0.1) is 0 Å². The SMILES string of the molecule is CS(=O)(=O)CCN1CCC(c2nc3ccccc3s2)CC1. The van der Waals surface area contributed by atoms with E-state index in [1.165, 1.54) is 16.0 Å². The summed E-state index contributed by atoms with van der Waals surface area (Å²) in [5.74, 6) is 0.788. The smallest absolute Gasteiger partial charge is 0.148 e. The van der Waals surface area contributed by atoms with E-state index in [1.807, 2.05) is 6.07 Å². The van der Waals surface area contributed by atoms with Crippen molar-refractivity contribution in [2.24, 2.45) is 0 Å². The monoisotopic (exact) mass is 324 g/mol. The van der Waals surface area contributed by atoms with Gasteiger partial charge in [0.1, 0.15) is 9.84 Å². The third-order valence-corrected chi connectivity index (χ3v) is 6.15. The summed E-state index contributed by atoms with van der Waals surface area (Å²) >= 11 is 1.80. The summed E-state index contributed by atoms with van der Waals surface area (Å²) in [5.41, 5.74) is 1.09. The molecule has 2 aromatic rings. The Morgan fingerprint density at radius 3 is 2.67 bits per heavy atom. The van der Waals surface area contributed by atoms with Crippen molar-refractivity contribution in [2.75, 3.05) is 31.6 Å². The van der Waals surface area contributed by atoms with E-state index < -0.39 is 9.84 Å². The van der Waals surface area contributed by atoms with Crippen LogP contribution in [0.3, 0.4) is 0 Å². The van der Waals surface area contributed by atoms with Gasteiger partial charge in [0.05, 0.1) is 21.0 Å². The van der Waals surface area contributed by atoms with Gasteiger partial charge in [0.25, 0.3) is 0 Å². The first-order chi connectivity index (χ1) is 10.0. The second kappa shape index (κ2) is 6.02. The van der Waals surface area contributed by atoms with Crippen LogP contribution in [-0.2, 0) is 9.84 Å². The summed E-state index contributed by atoms with van der Waals surface area (Å²) in [6.45, 7) is 2.59. The van der Waals surface area contributed by atoms with Gasteiger partial charge in [0.2, 0.25) is 0 Å². The van der Waals surface area contributed by atoms with Crippen molar-refractivity contribution in [3.8, 4) is 0 Å². The van der Waals surface area contributed by atoms with E-state index >= 15 is 0 Å². The van der Waals surface area contributed by atoms with Crippen LogP contribution in [-0.4, -0.2) is 49.9 Å². The molecule has 0 amide bonds. The highest BCUT2D eigenvalue weighted by Gasteiger charge is 2.23. The van der Waals surface area contributed by atoms with Gasteiger partial charge in [-0.2, -0.15) is 0 Å². The van der Waals surface area contributed by atoms with Crippen LogP contribution in [0.15, 0.2) is 24.3 Å². The number of para-hydroxylation sites is 1. The molecule has 1 saturated heterocycles. The molecule has 21 heavy (non-hydrogen) atoms. The molecule has 1 aromatic heterocycles. The molecule has 114 valence electrons. The van der Waals surface area contributed by atoms with Crippen LogP contribution in [0.2, 0.25) is 0 Å². The maximum atomic E-state index is 11.2. The standard InChI is InChI=1S/C15H20N2O2S2/c1-21(18,19)11-10-17-8-6-12(7-9-17)15-16-13-4-2-3-5-14(13)20-15/h2-5,12H,6-11H2,1H3. The molecule has 3 rings (SSSR count). The second-order valence-corrected chi connectivity index (χ2v) is 9.09. The summed E-state index contributed by atoms with van der Waals surface area (Å²) in [6.07, 6.45) is 3.45. The number of hydrogen-bond donors (Lipinski definition) is 0. The van der Waals surface area contributed by atoms with Gasteiger partial charge in [-0.1, -0.05) is 12.1 Å². The van der Waals surface area contributed by atoms with Crippen molar-refractivity contribution in [1.82, 2.24) is 9.88 Å². The van der Waals surface area contributed by atoms with E-state index in [2.05, 4.69) is 23.1 Å². The van der Waals surface area contributed by atoms with Crippen molar-refractivity contribution in [1.29, 1.82) is 0 Å². The summed E-state index contributed by atoms with van der Waals surface area (Å²) < 4.78 is 23.7. The number of benzene rings is 1. The summed E-state index contributed by atoms with van der Waals surface area (Å²) in [7, 11) is -2.86. The Morgan fingerprint density at radius 2 is 2.00 bits per heavy atom. The Kier molecular flexibility index (Phi) is 4.28. The van der Waals surface area contributed by atoms with Crippen LogP contribution in [0.4, 0.5) is 0 Å². The highest BCUT2D eigenvalue weighted by molar-refractivity contribution is 7.90. The number of rotatable bonds is 4. The number of piperidine rings is 1. The van der Waals surface area contributed by atoms with Crippen LogP contribution >= 0.6 is 11.3 Å². The molecule has 0 bridgehead atoms. The van der Waals surface area contributed by atoms with E-state index in [1.54, 1.807) is 11.3 Å². The highest BCUT2D eigenvalue weighted by Crippen LogP contribution is 2.33. The molecule has 0 N–H and O–H groups in total. The molecule has 1 aliphatic rings. The largest absolute Gasteiger partial charge is 0.302 e. The van der Waals surface area contributed by atoms with Gasteiger partial charge in [-0.3, -0.25) is 0 Å². The number of thiazole rings is 1. The van der Waals surface area contributed by atoms with Crippen molar-refractivity contribution in [2.45, 2.75) is 18.8 Å². The molecule has 1 aromatic carbocycles. The Labute approximate surface area is 129 Å². The Hall–Kier alpha value is -0.980. The summed E-state index contributed by atoms with van der Waals surface area (Å²) in [6, 6.07) is 8.27. The Bertz CT molecular complexity index is 683. The lowest BCUT2D eigenvalue weighted by atomic mass is 9.98. The second-order valence-electron chi connectivity index (χ2n) is 5.77. The average Bonchev–Trinajstić information content (AvgIpc) is 2.89. The fourth-order valence-electron chi connectivity index (χ4n) is 2.76. The number of aromatic nitrogens is 1. The average molecular weight is 324 g/mol. The van der Waals surface area contributed by atoms with Crippen LogP contribution in [0.5, 0.6) is 0 Å². The molecule has 4 nitrogen and oxygen atoms in total. The number of hydrogen-bond acceptors (Lipinski definition) is 5. The summed E-state index contributed by atoms with van der Waals surface area (Å²) in [4.78, 5) is 7.01. The number of fused-ring (bicyclic) bond motifs is 1. The van der Waals surface area contributed by atoms with E-state index in [4.69, 9.17) is 4.98 Å². The van der Waals surface area contributed by atoms with Crippen LogP contribution in [0.1, 0.15) is 23.8 Å². The van der Waals surface area contributed by atoms with E-state index in [-0.39, 0.29) is 5.75 Å². The number of sulfone groups is 1. The van der Waals surface area contributed by atoms with Gasteiger partial charge in [-0.05, 0) is 38.1 Å². The third-order valence-electron chi connectivity index (χ3n) is 4.03. The lowest BCUT2D eigenvalue weighted by Gasteiger charge is -2.30. The lowest BCUT2D eigenvalue weighted by Crippen LogP contribution is -2.36. The zero-order valence-electron chi connectivity index (χ0n) is 12.2. The zero-order chi connectivity index (χ0) is 14.9. The minimum atomic E-state index is -2.86. The fourth-order valence-corrected chi connectivity index (χ4v) is 4.49. The zero-order valence-corrected chi connectivity index (χ0v) is 13.8. The van der Waals surface area contributed by atoms with Gasteiger partial charge in [0.15, 0.2) is 0 Å². The predicted octanol–water partition coefficient (Wildman–Crippen LogP) is 2.52. The van der Waals surface area contributed by atoms with Gasteiger partial charge < -0.3 is 4.90 Å². The quantitative estimate of drug-likeness (QED) is 0.867. The van der Waals surface area contributed by atoms with Crippen molar-refractivity contribution in [3.63, 3.8) is 0 Å². The predicted molar refractivity (Wildman–Crippen MR) is 87.7 cm³/mol. The van der Waals surface area contributed by atoms with E-state index in [9.17, 15) is 8.42 Å². The number of nitrogens with zero attached hydrogens (tertiary/aromatic N) is 2. The minimum Gasteiger partial charge on any atom is -0.302 e. The lowest BCUT2D eigenvalue weighted by molar-refractivity contribution is 0.223. The van der Waals surface area contributed by atoms with E-state index in [0.29, 0.717) is 12.5 Å². The molecular formula is C15H20N2O2S2. The Balaban J connectivity index is 1.60. The highest BCUT2D eigenvalue weighted by atomic mass is 32.2. The van der Waals surface area contributed by atoms with Crippen LogP contribution < -0.4 is 0 Å². The normalized spacial score (nSPS) is 18.3. The van der Waals surface area contributed by atoms with Gasteiger partial charge in [0, 0.05) is 18.7 Å². The van der Waals surface area contributed by atoms with Crippen molar-refractivity contribution >= 4 is 31.4 Å². The first kappa shape index (κ1) is 14.9. The molecule has 0 spiro atoms. The van der Waals surface area contributed by atoms with Crippen molar-refractivity contribution < 1.29 is 8.42 Å². The third kappa shape index (κ3) is 3.81. The molecule has 1 aliphatic heterocycles. The van der Waals surface area contributed by atoms with Gasteiger partial charge in [-0.25, -0.2) is 13.4 Å². The molecular weight excluding hydrogens is 304 g/mol. The van der Waals surface area contributed by atoms with Crippen LogP contribution in [0.25, 0.3) is 10.2 Å². The summed E-state index contributed by atoms with van der Waals surface area (Å²) in [5, 5.41) is 1.24. The molecule has 6 heteroatoms. The Morgan fingerprint density at radius 1 is 1.29 bits per heavy atom. The number of likely N-dealkylation sites (tertiary alicyclic amines) is 1. The molecule has 0 radical (unpaired) electrons. The fraction of sp³-hybridized carbons (Fsp3) is 0.533. The first-order valence-electron chi connectivity index (χ1n) is 7.27. The van der Waals surface area contributed by atoms with Crippen molar-refractivity contribution in [3.05, 3.63) is 29.3 Å². The molecule has 0 aliphatic carbocycles. The molecule has 0 saturated carbocycles. The maximum Gasteiger partial charge on any atom is 0.148 e. The van der Waals surface area contributed by atoms with Gasteiger partial charge >= 0.3 is 0 Å². The van der Waals surface area contributed by atoms with Gasteiger partial charge in [-0.15, -0.1) is 11.3 Å². The topological polar surface area (TPSA) is 50.3 Å². The molecule has 0 unspecified atom stereocenters. The maximum absolute atomic E-state index is 11.2. The van der Waals surface area contributed by atoms with E-state index in [0.717, 1.165) is 31.4 Å².